The van der Waals surface area contributed by atoms with E-state index in [1.807, 2.05) is 34.9 Å². The highest BCUT2D eigenvalue weighted by molar-refractivity contribution is 5.95. The fourth-order valence-electron chi connectivity index (χ4n) is 2.19. The molecule has 0 aliphatic heterocycles. The number of fused-ring (bicyclic) bond motifs is 1. The SMILES string of the molecule is COC(=O)c1cc(Cc2nnc3ccccn23)ccc1N. The van der Waals surface area contributed by atoms with Crippen LogP contribution >= 0.6 is 0 Å². The monoisotopic (exact) mass is 282 g/mol. The second-order valence-electron chi connectivity index (χ2n) is 4.64. The number of rotatable bonds is 3. The summed E-state index contributed by atoms with van der Waals surface area (Å²) < 4.78 is 6.64. The molecule has 0 amide bonds. The Balaban J connectivity index is 1.96. The van der Waals surface area contributed by atoms with Crippen LogP contribution in [0.25, 0.3) is 5.65 Å². The minimum atomic E-state index is -0.444. The molecule has 21 heavy (non-hydrogen) atoms. The lowest BCUT2D eigenvalue weighted by Crippen LogP contribution is -2.07. The Labute approximate surface area is 121 Å². The van der Waals surface area contributed by atoms with Crippen molar-refractivity contribution in [1.29, 1.82) is 0 Å². The van der Waals surface area contributed by atoms with Crippen molar-refractivity contribution in [2.45, 2.75) is 6.42 Å². The van der Waals surface area contributed by atoms with E-state index in [4.69, 9.17) is 10.5 Å². The maximum Gasteiger partial charge on any atom is 0.339 e. The lowest BCUT2D eigenvalue weighted by Gasteiger charge is -2.06. The summed E-state index contributed by atoms with van der Waals surface area (Å²) in [5.41, 5.74) is 8.27. The normalized spacial score (nSPS) is 10.7. The molecule has 0 fully saturated rings. The molecule has 0 atom stereocenters. The van der Waals surface area contributed by atoms with E-state index >= 15 is 0 Å². The number of aromatic nitrogens is 3. The Kier molecular flexibility index (Phi) is 3.27. The number of nitrogens with zero attached hydrogens (tertiary/aromatic N) is 3. The molecule has 6 nitrogen and oxygen atoms in total. The lowest BCUT2D eigenvalue weighted by atomic mass is 10.1. The fraction of sp³-hybridized carbons (Fsp3) is 0.133. The number of benzene rings is 1. The highest BCUT2D eigenvalue weighted by atomic mass is 16.5. The van der Waals surface area contributed by atoms with Crippen LogP contribution in [0.3, 0.4) is 0 Å². The molecular formula is C15H14N4O2. The van der Waals surface area contributed by atoms with Gasteiger partial charge in [0.25, 0.3) is 0 Å². The summed E-state index contributed by atoms with van der Waals surface area (Å²) in [6.45, 7) is 0. The highest BCUT2D eigenvalue weighted by Gasteiger charge is 2.12. The average molecular weight is 282 g/mol. The standard InChI is InChI=1S/C15H14N4O2/c1-21-15(20)11-8-10(5-6-12(11)16)9-14-18-17-13-4-2-3-7-19(13)14/h2-8H,9,16H2,1H3. The van der Waals surface area contributed by atoms with E-state index in [2.05, 4.69) is 10.2 Å². The number of carbonyl (C=O) groups excluding carboxylic acids is 1. The van der Waals surface area contributed by atoms with Crippen LogP contribution in [0.2, 0.25) is 0 Å². The smallest absolute Gasteiger partial charge is 0.339 e. The minimum Gasteiger partial charge on any atom is -0.465 e. The zero-order chi connectivity index (χ0) is 14.8. The number of ether oxygens (including phenoxy) is 1. The summed E-state index contributed by atoms with van der Waals surface area (Å²) in [5, 5.41) is 8.28. The third-order valence-electron chi connectivity index (χ3n) is 3.27. The van der Waals surface area contributed by atoms with E-state index in [0.717, 1.165) is 17.0 Å². The average Bonchev–Trinajstić information content (AvgIpc) is 2.92. The lowest BCUT2D eigenvalue weighted by molar-refractivity contribution is 0.0602. The molecule has 0 saturated heterocycles. The van der Waals surface area contributed by atoms with E-state index in [-0.39, 0.29) is 0 Å². The molecule has 0 aliphatic carbocycles. The maximum absolute atomic E-state index is 11.7. The van der Waals surface area contributed by atoms with Gasteiger partial charge in [-0.3, -0.25) is 4.40 Å². The van der Waals surface area contributed by atoms with Crippen molar-refractivity contribution in [3.8, 4) is 0 Å². The predicted molar refractivity (Wildman–Crippen MR) is 78.0 cm³/mol. The van der Waals surface area contributed by atoms with Crippen molar-refractivity contribution < 1.29 is 9.53 Å². The summed E-state index contributed by atoms with van der Waals surface area (Å²) >= 11 is 0. The van der Waals surface area contributed by atoms with Gasteiger partial charge in [0.2, 0.25) is 0 Å². The first-order chi connectivity index (χ1) is 10.2. The van der Waals surface area contributed by atoms with Crippen LogP contribution in [0.1, 0.15) is 21.7 Å². The van der Waals surface area contributed by atoms with E-state index in [0.29, 0.717) is 17.7 Å². The summed E-state index contributed by atoms with van der Waals surface area (Å²) in [6.07, 6.45) is 2.46. The van der Waals surface area contributed by atoms with Gasteiger partial charge in [-0.1, -0.05) is 12.1 Å². The Hall–Kier alpha value is -2.89. The molecular weight excluding hydrogens is 268 g/mol. The Morgan fingerprint density at radius 3 is 2.95 bits per heavy atom. The van der Waals surface area contributed by atoms with Crippen molar-refractivity contribution in [2.24, 2.45) is 0 Å². The number of hydrogen-bond donors (Lipinski definition) is 1. The Bertz CT molecular complexity index is 810. The third kappa shape index (κ3) is 2.43. The molecule has 6 heteroatoms. The quantitative estimate of drug-likeness (QED) is 0.584. The number of esters is 1. The number of methoxy groups -OCH3 is 1. The number of nitrogen functional groups attached to an aromatic ring is 1. The number of hydrogen-bond acceptors (Lipinski definition) is 5. The van der Waals surface area contributed by atoms with Crippen LogP contribution in [0, 0.1) is 0 Å². The van der Waals surface area contributed by atoms with Gasteiger partial charge in [-0.25, -0.2) is 4.79 Å². The summed E-state index contributed by atoms with van der Waals surface area (Å²) in [5.74, 6) is 0.353. The zero-order valence-electron chi connectivity index (χ0n) is 11.5. The first-order valence-corrected chi connectivity index (χ1v) is 6.44. The van der Waals surface area contributed by atoms with Gasteiger partial charge < -0.3 is 10.5 Å². The van der Waals surface area contributed by atoms with Crippen LogP contribution in [-0.4, -0.2) is 27.7 Å². The van der Waals surface area contributed by atoms with Gasteiger partial charge in [-0.15, -0.1) is 10.2 Å². The van der Waals surface area contributed by atoms with Crippen molar-refractivity contribution in [3.05, 3.63) is 59.5 Å². The molecule has 106 valence electrons. The van der Waals surface area contributed by atoms with Crippen LogP contribution in [0.4, 0.5) is 5.69 Å². The number of carbonyl (C=O) groups is 1. The topological polar surface area (TPSA) is 82.5 Å². The molecule has 2 N–H and O–H groups in total. The summed E-state index contributed by atoms with van der Waals surface area (Å²) in [6, 6.07) is 11.0. The van der Waals surface area contributed by atoms with Gasteiger partial charge in [0.15, 0.2) is 5.65 Å². The molecule has 3 aromatic rings. The van der Waals surface area contributed by atoms with Crippen LogP contribution in [0.15, 0.2) is 42.6 Å². The minimum absolute atomic E-state index is 0.365. The van der Waals surface area contributed by atoms with Crippen LogP contribution < -0.4 is 5.73 Å². The third-order valence-corrected chi connectivity index (χ3v) is 3.27. The molecule has 0 unspecified atom stereocenters. The second kappa shape index (κ2) is 5.24. The van der Waals surface area contributed by atoms with Gasteiger partial charge in [0.1, 0.15) is 5.82 Å². The number of anilines is 1. The highest BCUT2D eigenvalue weighted by Crippen LogP contribution is 2.17. The van der Waals surface area contributed by atoms with Crippen LogP contribution in [-0.2, 0) is 11.2 Å². The number of nitrogens with two attached hydrogens (primary N) is 1. The molecule has 0 radical (unpaired) electrons. The van der Waals surface area contributed by atoms with Crippen molar-refractivity contribution in [1.82, 2.24) is 14.6 Å². The van der Waals surface area contributed by atoms with Crippen molar-refractivity contribution in [3.63, 3.8) is 0 Å². The Morgan fingerprint density at radius 1 is 1.29 bits per heavy atom. The van der Waals surface area contributed by atoms with Gasteiger partial charge >= 0.3 is 5.97 Å². The molecule has 0 bridgehead atoms. The molecule has 3 rings (SSSR count). The van der Waals surface area contributed by atoms with E-state index in [1.54, 1.807) is 12.1 Å². The van der Waals surface area contributed by atoms with Crippen LogP contribution in [0.5, 0.6) is 0 Å². The molecule has 0 spiro atoms. The first kappa shape index (κ1) is 13.1. The van der Waals surface area contributed by atoms with Gasteiger partial charge in [-0.05, 0) is 29.8 Å². The van der Waals surface area contributed by atoms with E-state index in [1.165, 1.54) is 7.11 Å². The maximum atomic E-state index is 11.7. The van der Waals surface area contributed by atoms with Crippen molar-refractivity contribution in [2.75, 3.05) is 12.8 Å². The molecule has 0 aliphatic rings. The largest absolute Gasteiger partial charge is 0.465 e. The van der Waals surface area contributed by atoms with E-state index in [9.17, 15) is 4.79 Å². The molecule has 1 aromatic carbocycles. The van der Waals surface area contributed by atoms with Crippen molar-refractivity contribution >= 4 is 17.3 Å². The zero-order valence-corrected chi connectivity index (χ0v) is 11.5. The van der Waals surface area contributed by atoms with Gasteiger partial charge in [0, 0.05) is 18.3 Å². The first-order valence-electron chi connectivity index (χ1n) is 6.44. The fourth-order valence-corrected chi connectivity index (χ4v) is 2.19. The summed E-state index contributed by atoms with van der Waals surface area (Å²) in [4.78, 5) is 11.7. The predicted octanol–water partition coefficient (Wildman–Crippen LogP) is 1.69. The van der Waals surface area contributed by atoms with Gasteiger partial charge in [-0.2, -0.15) is 0 Å². The second-order valence-corrected chi connectivity index (χ2v) is 4.64. The Morgan fingerprint density at radius 2 is 2.14 bits per heavy atom. The molecule has 2 aromatic heterocycles. The molecule has 2 heterocycles. The molecule has 0 saturated carbocycles. The van der Waals surface area contributed by atoms with Gasteiger partial charge in [0.05, 0.1) is 12.7 Å². The summed E-state index contributed by atoms with van der Waals surface area (Å²) in [7, 11) is 1.33. The number of pyridine rings is 1. The van der Waals surface area contributed by atoms with E-state index < -0.39 is 5.97 Å².